The molecule has 1 atom stereocenters. The fraction of sp³-hybridized carbons (Fsp3) is 0.280. The highest BCUT2D eigenvalue weighted by Gasteiger charge is 2.32. The number of hydrazone groups is 1. The second-order valence-corrected chi connectivity index (χ2v) is 8.04. The number of methoxy groups -OCH3 is 2. The quantitative estimate of drug-likeness (QED) is 0.276. The number of hydrogen-bond acceptors (Lipinski definition) is 8. The molecule has 0 saturated carbocycles. The third-order valence-electron chi connectivity index (χ3n) is 5.37. The molecular formula is C25H29N5O6. The molecule has 0 unspecified atom stereocenters. The van der Waals surface area contributed by atoms with Crippen LogP contribution in [0.5, 0.6) is 11.5 Å². The maximum Gasteiger partial charge on any atom is 0.337 e. The molecule has 1 heterocycles. The van der Waals surface area contributed by atoms with E-state index in [4.69, 9.17) is 14.2 Å². The van der Waals surface area contributed by atoms with E-state index < -0.39 is 23.9 Å². The average Bonchev–Trinajstić information content (AvgIpc) is 2.86. The van der Waals surface area contributed by atoms with Crippen LogP contribution in [0.15, 0.2) is 58.8 Å². The van der Waals surface area contributed by atoms with E-state index in [1.807, 2.05) is 43.3 Å². The molecule has 2 aromatic rings. The van der Waals surface area contributed by atoms with Crippen LogP contribution in [0.25, 0.3) is 0 Å². The Balaban J connectivity index is 1.65. The topological polar surface area (TPSA) is 131 Å². The first-order valence-electron chi connectivity index (χ1n) is 11.0. The van der Waals surface area contributed by atoms with Gasteiger partial charge in [0.25, 0.3) is 5.91 Å². The van der Waals surface area contributed by atoms with Crippen molar-refractivity contribution in [2.24, 2.45) is 5.10 Å². The normalized spacial score (nSPS) is 15.1. The van der Waals surface area contributed by atoms with Crippen molar-refractivity contribution in [1.29, 1.82) is 0 Å². The van der Waals surface area contributed by atoms with Crippen molar-refractivity contribution < 1.29 is 28.6 Å². The lowest BCUT2D eigenvalue weighted by molar-refractivity contribution is -0.136. The fourth-order valence-corrected chi connectivity index (χ4v) is 3.52. The van der Waals surface area contributed by atoms with E-state index in [1.165, 1.54) is 20.4 Å². The predicted octanol–water partition coefficient (Wildman–Crippen LogP) is 2.09. The molecule has 0 aliphatic carbocycles. The highest BCUT2D eigenvalue weighted by molar-refractivity contribution is 5.95. The molecule has 2 aromatic carbocycles. The van der Waals surface area contributed by atoms with Crippen molar-refractivity contribution in [1.82, 2.24) is 16.1 Å². The van der Waals surface area contributed by atoms with Crippen molar-refractivity contribution in [2.45, 2.75) is 13.0 Å². The zero-order chi connectivity index (χ0) is 26.2. The number of amides is 3. The summed E-state index contributed by atoms with van der Waals surface area (Å²) in [4.78, 5) is 38.5. The van der Waals surface area contributed by atoms with E-state index in [-0.39, 0.29) is 12.2 Å². The number of esters is 1. The zero-order valence-corrected chi connectivity index (χ0v) is 20.7. The highest BCUT2D eigenvalue weighted by atomic mass is 16.5. The molecule has 36 heavy (non-hydrogen) atoms. The number of carbonyl (C=O) groups is 3. The van der Waals surface area contributed by atoms with Gasteiger partial charge in [-0.1, -0.05) is 18.2 Å². The van der Waals surface area contributed by atoms with Crippen molar-refractivity contribution in [2.75, 3.05) is 39.8 Å². The van der Waals surface area contributed by atoms with Gasteiger partial charge in [0, 0.05) is 25.5 Å². The van der Waals surface area contributed by atoms with E-state index >= 15 is 0 Å². The van der Waals surface area contributed by atoms with E-state index in [0.717, 1.165) is 11.3 Å². The maximum absolute atomic E-state index is 12.3. The number of carbonyl (C=O) groups excluding carboxylic acids is 3. The predicted molar refractivity (Wildman–Crippen MR) is 134 cm³/mol. The molecule has 3 N–H and O–H groups in total. The summed E-state index contributed by atoms with van der Waals surface area (Å²) in [5.41, 5.74) is 5.53. The second-order valence-electron chi connectivity index (χ2n) is 8.04. The second kappa shape index (κ2) is 11.7. The van der Waals surface area contributed by atoms with Crippen molar-refractivity contribution >= 4 is 29.8 Å². The van der Waals surface area contributed by atoms with Gasteiger partial charge in [-0.2, -0.15) is 5.10 Å². The Labute approximate surface area is 209 Å². The number of urea groups is 1. The molecule has 11 heteroatoms. The highest BCUT2D eigenvalue weighted by Crippen LogP contribution is 2.34. The van der Waals surface area contributed by atoms with Crippen LogP contribution in [0, 0.1) is 0 Å². The monoisotopic (exact) mass is 495 g/mol. The first-order chi connectivity index (χ1) is 17.2. The number of hydrogen-bond donors (Lipinski definition) is 3. The third kappa shape index (κ3) is 6.32. The summed E-state index contributed by atoms with van der Waals surface area (Å²) in [6.45, 7) is 1.32. The Hall–Kier alpha value is -4.54. The van der Waals surface area contributed by atoms with Crippen LogP contribution in [-0.2, 0) is 14.3 Å². The van der Waals surface area contributed by atoms with E-state index in [1.54, 1.807) is 25.1 Å². The number of ether oxygens (including phenoxy) is 3. The Morgan fingerprint density at radius 3 is 2.47 bits per heavy atom. The molecule has 190 valence electrons. The number of benzene rings is 2. The molecule has 11 nitrogen and oxygen atoms in total. The van der Waals surface area contributed by atoms with Gasteiger partial charge in [-0.15, -0.1) is 0 Å². The molecule has 1 aliphatic heterocycles. The van der Waals surface area contributed by atoms with Gasteiger partial charge in [0.2, 0.25) is 0 Å². The molecule has 0 radical (unpaired) electrons. The molecule has 0 bridgehead atoms. The molecule has 3 amide bonds. The minimum atomic E-state index is -0.751. The molecule has 3 rings (SSSR count). The number of nitrogens with one attached hydrogen (secondary N) is 3. The van der Waals surface area contributed by atoms with Crippen LogP contribution in [0.4, 0.5) is 10.5 Å². The van der Waals surface area contributed by atoms with E-state index in [0.29, 0.717) is 22.8 Å². The van der Waals surface area contributed by atoms with Crippen molar-refractivity contribution in [3.63, 3.8) is 0 Å². The summed E-state index contributed by atoms with van der Waals surface area (Å²) in [6, 6.07) is 11.4. The van der Waals surface area contributed by atoms with Gasteiger partial charge in [0.05, 0.1) is 32.0 Å². The lowest BCUT2D eigenvalue weighted by Crippen LogP contribution is -2.45. The molecular weight excluding hydrogens is 466 g/mol. The van der Waals surface area contributed by atoms with Crippen LogP contribution in [0.1, 0.15) is 24.1 Å². The molecule has 0 spiro atoms. The van der Waals surface area contributed by atoms with Crippen LogP contribution in [0.3, 0.4) is 0 Å². The first-order valence-corrected chi connectivity index (χ1v) is 11.0. The summed E-state index contributed by atoms with van der Waals surface area (Å²) in [6.07, 6.45) is 1.54. The molecule has 0 aromatic heterocycles. The summed E-state index contributed by atoms with van der Waals surface area (Å²) in [5, 5.41) is 9.22. The average molecular weight is 496 g/mol. The largest absolute Gasteiger partial charge is 0.493 e. The van der Waals surface area contributed by atoms with Gasteiger partial charge >= 0.3 is 12.0 Å². The molecule has 0 fully saturated rings. The standard InChI is InChI=1S/C25H29N5O6/c1-15-22(24(32)35-5)23(28-25(33)27-15)17-8-11-19(20(12-17)34-4)36-14-21(31)29-26-13-16-6-9-18(10-7-16)30(2)3/h6-13,23H,14H2,1-5H3,(H,29,31)(H2,27,28,33)/b26-13-/t23-/m0/s1. The molecule has 1 aliphatic rings. The zero-order valence-electron chi connectivity index (χ0n) is 20.7. The first kappa shape index (κ1) is 26.1. The summed E-state index contributed by atoms with van der Waals surface area (Å²) in [7, 11) is 6.62. The van der Waals surface area contributed by atoms with E-state index in [2.05, 4.69) is 21.2 Å². The van der Waals surface area contributed by atoms with Gasteiger partial charge < -0.3 is 29.7 Å². The van der Waals surface area contributed by atoms with Crippen molar-refractivity contribution in [3.8, 4) is 11.5 Å². The van der Waals surface area contributed by atoms with Crippen LogP contribution >= 0.6 is 0 Å². The Morgan fingerprint density at radius 1 is 1.11 bits per heavy atom. The number of allylic oxidation sites excluding steroid dienone is 1. The number of anilines is 1. The van der Waals surface area contributed by atoms with Gasteiger partial charge in [-0.25, -0.2) is 15.0 Å². The Bertz CT molecular complexity index is 1190. The minimum Gasteiger partial charge on any atom is -0.493 e. The lowest BCUT2D eigenvalue weighted by atomic mass is 9.95. The van der Waals surface area contributed by atoms with E-state index in [9.17, 15) is 14.4 Å². The summed E-state index contributed by atoms with van der Waals surface area (Å²) >= 11 is 0. The third-order valence-corrected chi connectivity index (χ3v) is 5.37. The fourth-order valence-electron chi connectivity index (χ4n) is 3.52. The minimum absolute atomic E-state index is 0.265. The lowest BCUT2D eigenvalue weighted by Gasteiger charge is -2.28. The van der Waals surface area contributed by atoms with Crippen molar-refractivity contribution in [3.05, 3.63) is 64.9 Å². The summed E-state index contributed by atoms with van der Waals surface area (Å²) in [5.74, 6) is -0.408. The van der Waals surface area contributed by atoms with Gasteiger partial charge in [-0.3, -0.25) is 4.79 Å². The summed E-state index contributed by atoms with van der Waals surface area (Å²) < 4.78 is 15.9. The van der Waals surface area contributed by atoms with Gasteiger partial charge in [-0.05, 0) is 42.3 Å². The Morgan fingerprint density at radius 2 is 1.83 bits per heavy atom. The van der Waals surface area contributed by atoms with Gasteiger partial charge in [0.15, 0.2) is 18.1 Å². The molecule has 0 saturated heterocycles. The number of rotatable bonds is 9. The number of nitrogens with zero attached hydrogens (tertiary/aromatic N) is 2. The van der Waals surface area contributed by atoms with Crippen LogP contribution in [-0.4, -0.2) is 59.0 Å². The smallest absolute Gasteiger partial charge is 0.337 e. The Kier molecular flexibility index (Phi) is 8.50. The van der Waals surface area contributed by atoms with Gasteiger partial charge in [0.1, 0.15) is 0 Å². The van der Waals surface area contributed by atoms with Crippen LogP contribution in [0.2, 0.25) is 0 Å². The maximum atomic E-state index is 12.3. The SMILES string of the molecule is COC(=O)C1=C(C)NC(=O)N[C@H]1c1ccc(OCC(=O)N/N=C\c2ccc(N(C)C)cc2)c(OC)c1. The van der Waals surface area contributed by atoms with Crippen LogP contribution < -0.4 is 30.4 Å².